The van der Waals surface area contributed by atoms with Crippen LogP contribution in [0.3, 0.4) is 0 Å². The van der Waals surface area contributed by atoms with Gasteiger partial charge < -0.3 is 15.2 Å². The first kappa shape index (κ1) is 14.1. The minimum absolute atomic E-state index is 0.0661. The fourth-order valence-corrected chi connectivity index (χ4v) is 2.60. The fourth-order valence-electron chi connectivity index (χ4n) is 2.60. The lowest BCUT2D eigenvalue weighted by molar-refractivity contribution is 0.418. The Morgan fingerprint density at radius 2 is 2.32 bits per heavy atom. The predicted octanol–water partition coefficient (Wildman–Crippen LogP) is 1.44. The van der Waals surface area contributed by atoms with Crippen LogP contribution in [0.2, 0.25) is 0 Å². The summed E-state index contributed by atoms with van der Waals surface area (Å²) in [6, 6.07) is 2.53. The summed E-state index contributed by atoms with van der Waals surface area (Å²) in [7, 11) is 0. The van der Waals surface area contributed by atoms with Crippen LogP contribution in [0.25, 0.3) is 0 Å². The van der Waals surface area contributed by atoms with Gasteiger partial charge in [0, 0.05) is 31.2 Å². The summed E-state index contributed by atoms with van der Waals surface area (Å²) >= 11 is 0. The summed E-state index contributed by atoms with van der Waals surface area (Å²) in [6.45, 7) is 8.08. The van der Waals surface area contributed by atoms with Gasteiger partial charge in [0.25, 0.3) is 5.56 Å². The van der Waals surface area contributed by atoms with Gasteiger partial charge in [-0.25, -0.2) is 4.98 Å². The number of nitrogens with one attached hydrogen (secondary N) is 2. The first-order valence-electron chi connectivity index (χ1n) is 7.14. The molecule has 5 nitrogen and oxygen atoms in total. The molecule has 0 radical (unpaired) electrons. The molecule has 1 aromatic heterocycles. The monoisotopic (exact) mass is 264 g/mol. The van der Waals surface area contributed by atoms with Crippen LogP contribution in [0.5, 0.6) is 0 Å². The van der Waals surface area contributed by atoms with Crippen molar-refractivity contribution in [1.29, 1.82) is 0 Å². The first-order chi connectivity index (χ1) is 9.06. The molecule has 1 atom stereocenters. The van der Waals surface area contributed by atoms with Crippen molar-refractivity contribution < 1.29 is 0 Å². The zero-order valence-electron chi connectivity index (χ0n) is 12.1. The zero-order chi connectivity index (χ0) is 13.8. The third-order valence-corrected chi connectivity index (χ3v) is 3.53. The highest BCUT2D eigenvalue weighted by Crippen LogP contribution is 2.21. The number of hydrogen-bond acceptors (Lipinski definition) is 4. The Balaban J connectivity index is 2.16. The maximum Gasteiger partial charge on any atom is 0.252 e. The van der Waals surface area contributed by atoms with E-state index >= 15 is 0 Å². The Bertz CT molecular complexity index is 469. The molecule has 0 bridgehead atoms. The average molecular weight is 264 g/mol. The largest absolute Gasteiger partial charge is 0.352 e. The molecule has 0 amide bonds. The number of aromatic nitrogens is 2. The number of aromatic amines is 1. The van der Waals surface area contributed by atoms with E-state index in [9.17, 15) is 4.79 Å². The summed E-state index contributed by atoms with van der Waals surface area (Å²) < 4.78 is 0. The molecule has 1 aliphatic heterocycles. The van der Waals surface area contributed by atoms with Crippen LogP contribution in [-0.4, -0.2) is 35.1 Å². The van der Waals surface area contributed by atoms with Gasteiger partial charge in [-0.1, -0.05) is 13.8 Å². The number of nitrogens with zero attached hydrogens (tertiary/aromatic N) is 2. The van der Waals surface area contributed by atoms with Gasteiger partial charge in [-0.05, 0) is 26.2 Å². The molecule has 1 aliphatic rings. The quantitative estimate of drug-likeness (QED) is 0.864. The molecule has 106 valence electrons. The number of rotatable bonds is 4. The van der Waals surface area contributed by atoms with Gasteiger partial charge in [0.2, 0.25) is 0 Å². The third-order valence-electron chi connectivity index (χ3n) is 3.53. The summed E-state index contributed by atoms with van der Waals surface area (Å²) in [5.74, 6) is 1.50. The van der Waals surface area contributed by atoms with Gasteiger partial charge in [-0.3, -0.25) is 4.79 Å². The summed E-state index contributed by atoms with van der Waals surface area (Å²) in [5, 5.41) is 3.49. The van der Waals surface area contributed by atoms with Gasteiger partial charge in [0.15, 0.2) is 0 Å². The smallest absolute Gasteiger partial charge is 0.252 e. The Labute approximate surface area is 114 Å². The van der Waals surface area contributed by atoms with E-state index in [1.165, 1.54) is 12.8 Å². The Morgan fingerprint density at radius 1 is 1.53 bits per heavy atom. The van der Waals surface area contributed by atoms with Crippen molar-refractivity contribution in [1.82, 2.24) is 15.3 Å². The van der Waals surface area contributed by atoms with Gasteiger partial charge >= 0.3 is 0 Å². The van der Waals surface area contributed by atoms with Crippen molar-refractivity contribution in [2.75, 3.05) is 18.0 Å². The van der Waals surface area contributed by atoms with Crippen LogP contribution in [0.4, 0.5) is 5.82 Å². The van der Waals surface area contributed by atoms with Crippen molar-refractivity contribution in [3.63, 3.8) is 0 Å². The zero-order valence-corrected chi connectivity index (χ0v) is 12.1. The van der Waals surface area contributed by atoms with Gasteiger partial charge in [-0.2, -0.15) is 0 Å². The number of hydrogen-bond donors (Lipinski definition) is 2. The van der Waals surface area contributed by atoms with E-state index in [0.29, 0.717) is 17.9 Å². The molecule has 1 unspecified atom stereocenters. The highest BCUT2D eigenvalue weighted by Gasteiger charge is 2.23. The maximum absolute atomic E-state index is 11.6. The lowest BCUT2D eigenvalue weighted by atomic mass is 10.0. The molecule has 1 saturated heterocycles. The minimum atomic E-state index is -0.0661. The molecule has 2 heterocycles. The molecule has 2 rings (SSSR count). The molecule has 0 spiro atoms. The SMILES string of the molecule is Cc1nc(N2CCCCC2CNC(C)C)cc(=O)[nH]1. The first-order valence-corrected chi connectivity index (χ1v) is 7.14. The highest BCUT2D eigenvalue weighted by atomic mass is 16.1. The fraction of sp³-hybridized carbons (Fsp3) is 0.714. The van der Waals surface area contributed by atoms with Crippen LogP contribution < -0.4 is 15.8 Å². The van der Waals surface area contributed by atoms with Gasteiger partial charge in [0.1, 0.15) is 11.6 Å². The van der Waals surface area contributed by atoms with E-state index in [1.807, 2.05) is 6.92 Å². The summed E-state index contributed by atoms with van der Waals surface area (Å²) in [6.07, 6.45) is 3.59. The van der Waals surface area contributed by atoms with Crippen LogP contribution in [0, 0.1) is 6.92 Å². The van der Waals surface area contributed by atoms with Crippen molar-refractivity contribution >= 4 is 5.82 Å². The number of H-pyrrole nitrogens is 1. The molecule has 0 aliphatic carbocycles. The van der Waals surface area contributed by atoms with E-state index in [4.69, 9.17) is 0 Å². The predicted molar refractivity (Wildman–Crippen MR) is 77.7 cm³/mol. The Hall–Kier alpha value is -1.36. The lowest BCUT2D eigenvalue weighted by Gasteiger charge is -2.37. The van der Waals surface area contributed by atoms with Crippen molar-refractivity contribution in [3.05, 3.63) is 22.2 Å². The molecule has 1 aromatic rings. The standard InChI is InChI=1S/C14H24N4O/c1-10(2)15-9-12-6-4-5-7-18(12)13-8-14(19)17-11(3)16-13/h8,10,12,15H,4-7,9H2,1-3H3,(H,16,17,19). The second kappa shape index (κ2) is 6.19. The van der Waals surface area contributed by atoms with Crippen molar-refractivity contribution in [2.45, 2.75) is 52.1 Å². The lowest BCUT2D eigenvalue weighted by Crippen LogP contribution is -2.47. The molecule has 19 heavy (non-hydrogen) atoms. The van der Waals surface area contributed by atoms with Crippen LogP contribution >= 0.6 is 0 Å². The highest BCUT2D eigenvalue weighted by molar-refractivity contribution is 5.39. The number of aryl methyl sites for hydroxylation is 1. The van der Waals surface area contributed by atoms with Crippen LogP contribution in [0.15, 0.2) is 10.9 Å². The normalized spacial score (nSPS) is 20.0. The molecular formula is C14H24N4O. The van der Waals surface area contributed by atoms with E-state index in [0.717, 1.165) is 25.3 Å². The minimum Gasteiger partial charge on any atom is -0.352 e. The van der Waals surface area contributed by atoms with Crippen LogP contribution in [0.1, 0.15) is 38.9 Å². The summed E-state index contributed by atoms with van der Waals surface area (Å²) in [5.41, 5.74) is -0.0661. The Morgan fingerprint density at radius 3 is 3.00 bits per heavy atom. The maximum atomic E-state index is 11.6. The van der Waals surface area contributed by atoms with E-state index < -0.39 is 0 Å². The molecule has 5 heteroatoms. The Kier molecular flexibility index (Phi) is 4.58. The van der Waals surface area contributed by atoms with E-state index in [-0.39, 0.29) is 5.56 Å². The van der Waals surface area contributed by atoms with Gasteiger partial charge in [-0.15, -0.1) is 0 Å². The van der Waals surface area contributed by atoms with E-state index in [1.54, 1.807) is 6.07 Å². The molecule has 1 fully saturated rings. The van der Waals surface area contributed by atoms with Crippen LogP contribution in [-0.2, 0) is 0 Å². The van der Waals surface area contributed by atoms with E-state index in [2.05, 4.69) is 34.0 Å². The molecular weight excluding hydrogens is 240 g/mol. The molecule has 0 saturated carbocycles. The second-order valence-corrected chi connectivity index (χ2v) is 5.59. The topological polar surface area (TPSA) is 61.0 Å². The molecule has 2 N–H and O–H groups in total. The number of anilines is 1. The van der Waals surface area contributed by atoms with Gasteiger partial charge in [0.05, 0.1) is 0 Å². The number of piperidine rings is 1. The molecule has 0 aromatic carbocycles. The van der Waals surface area contributed by atoms with Crippen molar-refractivity contribution in [3.8, 4) is 0 Å². The second-order valence-electron chi connectivity index (χ2n) is 5.59. The summed E-state index contributed by atoms with van der Waals surface area (Å²) in [4.78, 5) is 21.1. The third kappa shape index (κ3) is 3.80. The van der Waals surface area contributed by atoms with Crippen molar-refractivity contribution in [2.24, 2.45) is 0 Å². The average Bonchev–Trinajstić information content (AvgIpc) is 2.35.